The van der Waals surface area contributed by atoms with Gasteiger partial charge >= 0.3 is 0 Å². The first kappa shape index (κ1) is 12.3. The van der Waals surface area contributed by atoms with Crippen molar-refractivity contribution in [1.29, 1.82) is 0 Å². The third-order valence-electron chi connectivity index (χ3n) is 2.86. The molecule has 1 aliphatic carbocycles. The lowest BCUT2D eigenvalue weighted by Crippen LogP contribution is -2.24. The normalized spacial score (nSPS) is 14.5. The monoisotopic (exact) mass is 294 g/mol. The van der Waals surface area contributed by atoms with E-state index in [0.29, 0.717) is 16.7 Å². The predicted molar refractivity (Wildman–Crippen MR) is 70.8 cm³/mol. The molecule has 17 heavy (non-hydrogen) atoms. The van der Waals surface area contributed by atoms with Crippen molar-refractivity contribution in [1.82, 2.24) is 10.3 Å². The molecule has 1 aromatic heterocycles. The van der Waals surface area contributed by atoms with Crippen LogP contribution >= 0.6 is 15.9 Å². The maximum Gasteiger partial charge on any atom is 0.251 e. The van der Waals surface area contributed by atoms with Gasteiger partial charge in [-0.1, -0.05) is 11.6 Å². The number of amides is 1. The van der Waals surface area contributed by atoms with Gasteiger partial charge in [0.05, 0.1) is 0 Å². The van der Waals surface area contributed by atoms with Crippen molar-refractivity contribution in [3.05, 3.63) is 40.1 Å². The van der Waals surface area contributed by atoms with Crippen LogP contribution in [0.1, 0.15) is 36.0 Å². The van der Waals surface area contributed by atoms with Gasteiger partial charge in [-0.15, -0.1) is 0 Å². The topological polar surface area (TPSA) is 42.0 Å². The van der Waals surface area contributed by atoms with E-state index in [1.807, 2.05) is 0 Å². The summed E-state index contributed by atoms with van der Waals surface area (Å²) in [5.41, 5.74) is 2.12. The lowest BCUT2D eigenvalue weighted by Gasteiger charge is -2.05. The maximum absolute atomic E-state index is 11.8. The summed E-state index contributed by atoms with van der Waals surface area (Å²) in [6.07, 6.45) is 8.53. The fourth-order valence-electron chi connectivity index (χ4n) is 1.95. The first-order chi connectivity index (χ1) is 8.25. The Bertz CT molecular complexity index is 443. The molecule has 2 rings (SSSR count). The van der Waals surface area contributed by atoms with E-state index in [1.54, 1.807) is 18.3 Å². The second kappa shape index (κ2) is 5.96. The SMILES string of the molecule is O=C(NCCC1=CCCC1)c1ccnc(Br)c1. The fraction of sp³-hybridized carbons (Fsp3) is 0.385. The highest BCUT2D eigenvalue weighted by Crippen LogP contribution is 2.19. The van der Waals surface area contributed by atoms with Crippen LogP contribution in [0.5, 0.6) is 0 Å². The van der Waals surface area contributed by atoms with Gasteiger partial charge in [-0.2, -0.15) is 0 Å². The molecule has 1 aromatic rings. The molecule has 3 nitrogen and oxygen atoms in total. The number of nitrogens with zero attached hydrogens (tertiary/aromatic N) is 1. The Morgan fingerprint density at radius 2 is 2.41 bits per heavy atom. The first-order valence-corrected chi connectivity index (χ1v) is 6.62. The number of rotatable bonds is 4. The average Bonchev–Trinajstić information content (AvgIpc) is 2.82. The van der Waals surface area contributed by atoms with Crippen LogP contribution in [0.25, 0.3) is 0 Å². The molecule has 1 aliphatic rings. The van der Waals surface area contributed by atoms with Crippen molar-refractivity contribution in [2.24, 2.45) is 0 Å². The van der Waals surface area contributed by atoms with Crippen molar-refractivity contribution < 1.29 is 4.79 Å². The second-order valence-corrected chi connectivity index (χ2v) is 4.94. The summed E-state index contributed by atoms with van der Waals surface area (Å²) < 4.78 is 0.684. The van der Waals surface area contributed by atoms with Crippen molar-refractivity contribution >= 4 is 21.8 Å². The maximum atomic E-state index is 11.8. The molecule has 1 N–H and O–H groups in total. The molecule has 0 aliphatic heterocycles. The van der Waals surface area contributed by atoms with Crippen LogP contribution in [0.3, 0.4) is 0 Å². The summed E-state index contributed by atoms with van der Waals surface area (Å²) in [7, 11) is 0. The zero-order valence-corrected chi connectivity index (χ0v) is 11.2. The number of allylic oxidation sites excluding steroid dienone is 1. The van der Waals surface area contributed by atoms with Gasteiger partial charge in [-0.25, -0.2) is 4.98 Å². The van der Waals surface area contributed by atoms with Gasteiger partial charge in [0.2, 0.25) is 0 Å². The zero-order chi connectivity index (χ0) is 12.1. The molecule has 0 unspecified atom stereocenters. The van der Waals surface area contributed by atoms with E-state index >= 15 is 0 Å². The highest BCUT2D eigenvalue weighted by molar-refractivity contribution is 9.10. The van der Waals surface area contributed by atoms with E-state index in [0.717, 1.165) is 6.42 Å². The minimum atomic E-state index is -0.0355. The number of carbonyl (C=O) groups excluding carboxylic acids is 1. The molecule has 1 heterocycles. The molecule has 0 spiro atoms. The Balaban J connectivity index is 1.81. The van der Waals surface area contributed by atoms with Gasteiger partial charge < -0.3 is 5.32 Å². The highest BCUT2D eigenvalue weighted by atomic mass is 79.9. The number of nitrogens with one attached hydrogen (secondary N) is 1. The largest absolute Gasteiger partial charge is 0.352 e. The molecule has 0 radical (unpaired) electrons. The van der Waals surface area contributed by atoms with Crippen molar-refractivity contribution in [3.8, 4) is 0 Å². The van der Waals surface area contributed by atoms with E-state index < -0.39 is 0 Å². The van der Waals surface area contributed by atoms with Crippen LogP contribution < -0.4 is 5.32 Å². The van der Waals surface area contributed by atoms with Crippen molar-refractivity contribution in [2.75, 3.05) is 6.54 Å². The molecule has 0 aromatic carbocycles. The van der Waals surface area contributed by atoms with Crippen LogP contribution in [-0.4, -0.2) is 17.4 Å². The van der Waals surface area contributed by atoms with E-state index in [-0.39, 0.29) is 5.91 Å². The van der Waals surface area contributed by atoms with Crippen molar-refractivity contribution in [2.45, 2.75) is 25.7 Å². The number of hydrogen-bond acceptors (Lipinski definition) is 2. The molecule has 0 bridgehead atoms. The Kier molecular flexibility index (Phi) is 4.31. The lowest BCUT2D eigenvalue weighted by atomic mass is 10.1. The van der Waals surface area contributed by atoms with Crippen LogP contribution in [0.4, 0.5) is 0 Å². The Morgan fingerprint density at radius 3 is 3.12 bits per heavy atom. The first-order valence-electron chi connectivity index (χ1n) is 5.83. The quantitative estimate of drug-likeness (QED) is 0.685. The Labute approximate surface area is 109 Å². The van der Waals surface area contributed by atoms with Crippen LogP contribution in [-0.2, 0) is 0 Å². The number of aromatic nitrogens is 1. The molecule has 0 fully saturated rings. The summed E-state index contributed by atoms with van der Waals surface area (Å²) in [5.74, 6) is -0.0355. The number of carbonyl (C=O) groups is 1. The molecule has 0 saturated carbocycles. The van der Waals surface area contributed by atoms with Crippen molar-refractivity contribution in [3.63, 3.8) is 0 Å². The van der Waals surface area contributed by atoms with Gasteiger partial charge in [0, 0.05) is 18.3 Å². The third-order valence-corrected chi connectivity index (χ3v) is 3.29. The lowest BCUT2D eigenvalue weighted by molar-refractivity contribution is 0.0954. The van der Waals surface area contributed by atoms with Crippen LogP contribution in [0, 0.1) is 0 Å². The number of hydrogen-bond donors (Lipinski definition) is 1. The summed E-state index contributed by atoms with van der Waals surface area (Å²) in [4.78, 5) is 15.8. The minimum absolute atomic E-state index is 0.0355. The van der Waals surface area contributed by atoms with Crippen LogP contribution in [0.2, 0.25) is 0 Å². The standard InChI is InChI=1S/C13H15BrN2O/c14-12-9-11(6-8-15-12)13(17)16-7-5-10-3-1-2-4-10/h3,6,8-9H,1-2,4-5,7H2,(H,16,17). The summed E-state index contributed by atoms with van der Waals surface area (Å²) in [5, 5.41) is 2.92. The molecule has 1 amide bonds. The van der Waals surface area contributed by atoms with E-state index in [1.165, 1.54) is 24.8 Å². The van der Waals surface area contributed by atoms with E-state index in [9.17, 15) is 4.79 Å². The van der Waals surface area contributed by atoms with Crippen LogP contribution in [0.15, 0.2) is 34.6 Å². The van der Waals surface area contributed by atoms with Gasteiger partial charge in [0.15, 0.2) is 0 Å². The Hall–Kier alpha value is -1.16. The molecular formula is C13H15BrN2O. The summed E-state index contributed by atoms with van der Waals surface area (Å²) >= 11 is 3.25. The average molecular weight is 295 g/mol. The third kappa shape index (κ3) is 3.66. The minimum Gasteiger partial charge on any atom is -0.352 e. The number of halogens is 1. The molecule has 90 valence electrons. The number of pyridine rings is 1. The molecule has 4 heteroatoms. The highest BCUT2D eigenvalue weighted by Gasteiger charge is 2.07. The molecule has 0 saturated heterocycles. The summed E-state index contributed by atoms with van der Waals surface area (Å²) in [6, 6.07) is 3.44. The summed E-state index contributed by atoms with van der Waals surface area (Å²) in [6.45, 7) is 0.713. The van der Waals surface area contributed by atoms with E-state index in [2.05, 4.69) is 32.3 Å². The zero-order valence-electron chi connectivity index (χ0n) is 9.58. The van der Waals surface area contributed by atoms with Gasteiger partial charge in [-0.3, -0.25) is 4.79 Å². The predicted octanol–water partition coefficient (Wildman–Crippen LogP) is 3.07. The van der Waals surface area contributed by atoms with Gasteiger partial charge in [-0.05, 0) is 53.7 Å². The Morgan fingerprint density at radius 1 is 1.53 bits per heavy atom. The van der Waals surface area contributed by atoms with E-state index in [4.69, 9.17) is 0 Å². The second-order valence-electron chi connectivity index (χ2n) is 4.13. The fourth-order valence-corrected chi connectivity index (χ4v) is 2.31. The molecule has 0 atom stereocenters. The molecular weight excluding hydrogens is 280 g/mol. The van der Waals surface area contributed by atoms with Gasteiger partial charge in [0.1, 0.15) is 4.60 Å². The smallest absolute Gasteiger partial charge is 0.251 e. The van der Waals surface area contributed by atoms with Gasteiger partial charge in [0.25, 0.3) is 5.91 Å².